The molecule has 6 nitrogen and oxygen atoms in total. The molecule has 0 saturated carbocycles. The van der Waals surface area contributed by atoms with Crippen LogP contribution in [0.15, 0.2) is 48.5 Å². The molecule has 0 radical (unpaired) electrons. The maximum Gasteiger partial charge on any atom is 0.319 e. The Morgan fingerprint density at radius 2 is 1.88 bits per heavy atom. The maximum atomic E-state index is 12.4. The summed E-state index contributed by atoms with van der Waals surface area (Å²) in [5.74, 6) is 1.47. The van der Waals surface area contributed by atoms with E-state index >= 15 is 0 Å². The normalized spacial score (nSPS) is 26.0. The predicted octanol–water partition coefficient (Wildman–Crippen LogP) is 3.78. The number of urea groups is 1. The van der Waals surface area contributed by atoms with Crippen molar-refractivity contribution < 1.29 is 9.59 Å². The average Bonchev–Trinajstić information content (AvgIpc) is 3.21. The minimum atomic E-state index is -0.187. The summed E-state index contributed by atoms with van der Waals surface area (Å²) in [4.78, 5) is 28.9. The molecule has 0 aromatic heterocycles. The summed E-state index contributed by atoms with van der Waals surface area (Å²) in [6, 6.07) is 16.1. The van der Waals surface area contributed by atoms with Crippen LogP contribution >= 0.6 is 0 Å². The number of hydrogen-bond acceptors (Lipinski definition) is 4. The predicted molar refractivity (Wildman–Crippen MR) is 127 cm³/mol. The molecule has 3 fully saturated rings. The van der Waals surface area contributed by atoms with Gasteiger partial charge in [-0.05, 0) is 80.5 Å². The number of fused-ring (bicyclic) bond motifs is 4. The van der Waals surface area contributed by atoms with E-state index in [9.17, 15) is 9.59 Å². The van der Waals surface area contributed by atoms with Crippen LogP contribution in [0.3, 0.4) is 0 Å². The zero-order valence-corrected chi connectivity index (χ0v) is 18.7. The summed E-state index contributed by atoms with van der Waals surface area (Å²) in [6.45, 7) is 6.77. The Bertz CT molecular complexity index is 990. The molecule has 2 aromatic carbocycles. The summed E-state index contributed by atoms with van der Waals surface area (Å²) < 4.78 is 0. The van der Waals surface area contributed by atoms with Gasteiger partial charge in [0.25, 0.3) is 0 Å². The van der Waals surface area contributed by atoms with Gasteiger partial charge in [-0.3, -0.25) is 9.69 Å². The summed E-state index contributed by atoms with van der Waals surface area (Å²) in [5, 5.41) is 5.93. The van der Waals surface area contributed by atoms with Gasteiger partial charge in [0.15, 0.2) is 5.78 Å². The molecule has 4 heterocycles. The van der Waals surface area contributed by atoms with Gasteiger partial charge < -0.3 is 15.5 Å². The first-order chi connectivity index (χ1) is 15.6. The van der Waals surface area contributed by atoms with E-state index in [1.165, 1.54) is 24.6 Å². The molecule has 2 aromatic rings. The van der Waals surface area contributed by atoms with Crippen LogP contribution in [0.1, 0.15) is 35.7 Å². The van der Waals surface area contributed by atoms with E-state index in [2.05, 4.69) is 44.7 Å². The van der Waals surface area contributed by atoms with Crippen LogP contribution in [0.4, 0.5) is 16.2 Å². The zero-order chi connectivity index (χ0) is 22.1. The van der Waals surface area contributed by atoms with Crippen molar-refractivity contribution in [3.63, 3.8) is 0 Å². The van der Waals surface area contributed by atoms with Crippen molar-refractivity contribution in [2.45, 2.75) is 32.2 Å². The summed E-state index contributed by atoms with van der Waals surface area (Å²) in [6.07, 6.45) is 3.59. The van der Waals surface area contributed by atoms with Crippen molar-refractivity contribution in [2.24, 2.45) is 11.8 Å². The highest BCUT2D eigenvalue weighted by atomic mass is 16.2. The van der Waals surface area contributed by atoms with Crippen molar-refractivity contribution >= 4 is 23.2 Å². The van der Waals surface area contributed by atoms with Gasteiger partial charge in [-0.25, -0.2) is 4.79 Å². The van der Waals surface area contributed by atoms with Crippen molar-refractivity contribution in [3.05, 3.63) is 59.7 Å². The van der Waals surface area contributed by atoms with E-state index in [0.29, 0.717) is 29.8 Å². The second kappa shape index (κ2) is 8.94. The van der Waals surface area contributed by atoms with Crippen LogP contribution in [0.5, 0.6) is 0 Å². The molecular formula is C26H32N4O2. The maximum absolute atomic E-state index is 12.4. The summed E-state index contributed by atoms with van der Waals surface area (Å²) in [7, 11) is 0. The number of nitrogens with zero attached hydrogens (tertiary/aromatic N) is 2. The first-order valence-corrected chi connectivity index (χ1v) is 11.8. The lowest BCUT2D eigenvalue weighted by Crippen LogP contribution is -2.58. The number of hydrogen-bond donors (Lipinski definition) is 2. The molecule has 32 heavy (non-hydrogen) atoms. The standard InChI is InChI=1S/C26H32N4O2/c1-18(31)19-6-8-23(9-7-19)28-26(32)27-15-24-14-21-11-12-29(24)16-22(21)17-30-13-10-20-4-2-3-5-25(20)30/h2-9,21-22,24H,10-17H2,1H3,(H2,27,28,32). The minimum Gasteiger partial charge on any atom is -0.371 e. The fourth-order valence-electron chi connectivity index (χ4n) is 5.72. The van der Waals surface area contributed by atoms with Gasteiger partial charge in [0.05, 0.1) is 0 Å². The van der Waals surface area contributed by atoms with Crippen LogP contribution < -0.4 is 15.5 Å². The van der Waals surface area contributed by atoms with Gasteiger partial charge in [-0.2, -0.15) is 0 Å². The molecule has 2 bridgehead atoms. The number of nitrogens with one attached hydrogen (secondary N) is 2. The van der Waals surface area contributed by atoms with Gasteiger partial charge in [0.2, 0.25) is 0 Å². The molecule has 3 saturated heterocycles. The molecule has 2 N–H and O–H groups in total. The van der Waals surface area contributed by atoms with E-state index in [-0.39, 0.29) is 11.8 Å². The van der Waals surface area contributed by atoms with E-state index in [4.69, 9.17) is 0 Å². The first-order valence-electron chi connectivity index (χ1n) is 11.8. The number of piperidine rings is 3. The Morgan fingerprint density at radius 1 is 1.06 bits per heavy atom. The van der Waals surface area contributed by atoms with Crippen molar-refractivity contribution in [3.8, 4) is 0 Å². The topological polar surface area (TPSA) is 64.7 Å². The Labute approximate surface area is 190 Å². The fraction of sp³-hybridized carbons (Fsp3) is 0.462. The number of amides is 2. The smallest absolute Gasteiger partial charge is 0.319 e. The van der Waals surface area contributed by atoms with Crippen LogP contribution in [0.25, 0.3) is 0 Å². The SMILES string of the molecule is CC(=O)c1ccc(NC(=O)NCC2CC3CCN2CC3CN2CCc3ccccc32)cc1. The Hall–Kier alpha value is -2.86. The molecule has 4 aliphatic heterocycles. The largest absolute Gasteiger partial charge is 0.371 e. The van der Waals surface area contributed by atoms with Gasteiger partial charge in [0, 0.05) is 49.2 Å². The summed E-state index contributed by atoms with van der Waals surface area (Å²) >= 11 is 0. The van der Waals surface area contributed by atoms with Crippen LogP contribution in [0, 0.1) is 11.8 Å². The average molecular weight is 433 g/mol. The zero-order valence-electron chi connectivity index (χ0n) is 18.7. The number of para-hydroxylation sites is 1. The highest BCUT2D eigenvalue weighted by molar-refractivity contribution is 5.95. The second-order valence-corrected chi connectivity index (χ2v) is 9.49. The van der Waals surface area contributed by atoms with Gasteiger partial charge >= 0.3 is 6.03 Å². The van der Waals surface area contributed by atoms with Gasteiger partial charge in [-0.15, -0.1) is 0 Å². The van der Waals surface area contributed by atoms with Crippen molar-refractivity contribution in [2.75, 3.05) is 42.9 Å². The molecule has 0 aliphatic carbocycles. The van der Waals surface area contributed by atoms with Crippen molar-refractivity contribution in [1.82, 2.24) is 10.2 Å². The molecule has 0 spiro atoms. The third-order valence-corrected chi connectivity index (χ3v) is 7.50. The highest BCUT2D eigenvalue weighted by Crippen LogP contribution is 2.38. The fourth-order valence-corrected chi connectivity index (χ4v) is 5.72. The quantitative estimate of drug-likeness (QED) is 0.682. The number of Topliss-reactive ketones (excluding diaryl/α,β-unsaturated/α-hetero) is 1. The van der Waals surface area contributed by atoms with Crippen molar-refractivity contribution in [1.29, 1.82) is 0 Å². The monoisotopic (exact) mass is 432 g/mol. The number of rotatable bonds is 6. The lowest BCUT2D eigenvalue weighted by atomic mass is 9.75. The molecule has 168 valence electrons. The Morgan fingerprint density at radius 3 is 2.62 bits per heavy atom. The number of carbonyl (C=O) groups is 2. The molecule has 4 unspecified atom stereocenters. The van der Waals surface area contributed by atoms with E-state index < -0.39 is 0 Å². The molecule has 4 atom stereocenters. The molecule has 4 aliphatic rings. The number of carbonyl (C=O) groups excluding carboxylic acids is 2. The highest BCUT2D eigenvalue weighted by Gasteiger charge is 2.41. The van der Waals surface area contributed by atoms with Crippen LogP contribution in [-0.2, 0) is 6.42 Å². The minimum absolute atomic E-state index is 0.0228. The van der Waals surface area contributed by atoms with E-state index in [0.717, 1.165) is 44.9 Å². The second-order valence-electron chi connectivity index (χ2n) is 9.49. The van der Waals surface area contributed by atoms with Gasteiger partial charge in [-0.1, -0.05) is 18.2 Å². The lowest BCUT2D eigenvalue weighted by Gasteiger charge is -2.50. The first kappa shape index (κ1) is 21.0. The Kier molecular flexibility index (Phi) is 5.87. The lowest BCUT2D eigenvalue weighted by molar-refractivity contribution is 0.00590. The molecule has 2 amide bonds. The number of benzene rings is 2. The van der Waals surface area contributed by atoms with E-state index in [1.54, 1.807) is 24.3 Å². The number of anilines is 2. The molecule has 6 rings (SSSR count). The van der Waals surface area contributed by atoms with Crippen LogP contribution in [-0.4, -0.2) is 55.5 Å². The third kappa shape index (κ3) is 4.37. The van der Waals surface area contributed by atoms with E-state index in [1.807, 2.05) is 0 Å². The summed E-state index contributed by atoms with van der Waals surface area (Å²) in [5.41, 5.74) is 4.26. The van der Waals surface area contributed by atoms with Gasteiger partial charge in [0.1, 0.15) is 0 Å². The Balaban J connectivity index is 1.11. The number of ketones is 1. The molecular weight excluding hydrogens is 400 g/mol. The van der Waals surface area contributed by atoms with Crippen LogP contribution in [0.2, 0.25) is 0 Å². The molecule has 6 heteroatoms. The third-order valence-electron chi connectivity index (χ3n) is 7.50.